The van der Waals surface area contributed by atoms with Crippen LogP contribution in [0.3, 0.4) is 0 Å². The lowest BCUT2D eigenvalue weighted by atomic mass is 9.83. The highest BCUT2D eigenvalue weighted by Crippen LogP contribution is 2.61. The Morgan fingerprint density at radius 3 is 2.15 bits per heavy atom. The smallest absolute Gasteiger partial charge is 0.338 e. The number of nitrogens with zero attached hydrogens (tertiary/aromatic N) is 2. The molecule has 0 spiro atoms. The van der Waals surface area contributed by atoms with E-state index in [9.17, 15) is 14.4 Å². The van der Waals surface area contributed by atoms with E-state index in [1.54, 1.807) is 29.2 Å². The second kappa shape index (κ2) is 11.6. The lowest BCUT2D eigenvalue weighted by Gasteiger charge is -2.52. The van der Waals surface area contributed by atoms with Crippen LogP contribution in [0.25, 0.3) is 0 Å². The van der Waals surface area contributed by atoms with Crippen molar-refractivity contribution in [2.24, 2.45) is 16.5 Å². The van der Waals surface area contributed by atoms with E-state index in [2.05, 4.69) is 29.1 Å². The standard InChI is InChI=1S/C31H41N5O4S/c1-30(2)25(32)23(26(33)35-28(38)31(17-12-18-31)41(3,4)5)19-36(30)29(39)34-24(21-13-8-6-9-14-21)20-40-27(37)22-15-10-7-11-16-22/h6-11,13-16,24H,12,17-20,32H2,1-5H3,(H,34,39)(H2,33,35,38). The molecule has 1 fully saturated rings. The van der Waals surface area contributed by atoms with Crippen LogP contribution in [0, 0.1) is 0 Å². The van der Waals surface area contributed by atoms with Gasteiger partial charge in [-0.05, 0) is 69.6 Å². The maximum atomic E-state index is 13.7. The number of nitrogens with one attached hydrogen (secondary N) is 1. The van der Waals surface area contributed by atoms with E-state index in [0.29, 0.717) is 16.8 Å². The number of nitrogens with two attached hydrogens (primary N) is 2. The number of aliphatic imine (C=N–C) groups is 1. The minimum absolute atomic E-state index is 0.0576. The monoisotopic (exact) mass is 579 g/mol. The van der Waals surface area contributed by atoms with E-state index in [1.165, 1.54) is 0 Å². The largest absolute Gasteiger partial charge is 0.460 e. The molecule has 2 aliphatic rings. The number of rotatable bonds is 8. The maximum absolute atomic E-state index is 13.7. The second-order valence-corrected chi connectivity index (χ2v) is 16.4. The number of esters is 1. The van der Waals surface area contributed by atoms with Crippen LogP contribution >= 0.6 is 10.0 Å². The molecule has 1 atom stereocenters. The van der Waals surface area contributed by atoms with Crippen LogP contribution in [0.15, 0.2) is 76.9 Å². The van der Waals surface area contributed by atoms with Crippen LogP contribution in [-0.2, 0) is 9.53 Å². The zero-order chi connectivity index (χ0) is 30.0. The molecule has 10 heteroatoms. The van der Waals surface area contributed by atoms with Crippen LogP contribution in [0.2, 0.25) is 0 Å². The molecule has 0 bridgehead atoms. The van der Waals surface area contributed by atoms with Crippen LogP contribution < -0.4 is 16.8 Å². The van der Waals surface area contributed by atoms with E-state index in [0.717, 1.165) is 24.8 Å². The minimum Gasteiger partial charge on any atom is -0.460 e. The molecule has 4 rings (SSSR count). The summed E-state index contributed by atoms with van der Waals surface area (Å²) in [6.45, 7) is 3.67. The molecule has 1 unspecified atom stereocenters. The Balaban J connectivity index is 1.51. The molecule has 0 aromatic heterocycles. The third kappa shape index (κ3) is 5.98. The third-order valence-corrected chi connectivity index (χ3v) is 11.3. The summed E-state index contributed by atoms with van der Waals surface area (Å²) in [5.74, 6) is -0.623. The van der Waals surface area contributed by atoms with Gasteiger partial charge in [-0.3, -0.25) is 4.79 Å². The molecule has 0 saturated heterocycles. The molecule has 1 aliphatic carbocycles. The molecule has 1 saturated carbocycles. The quantitative estimate of drug-likeness (QED) is 0.244. The van der Waals surface area contributed by atoms with Crippen molar-refractivity contribution in [2.45, 2.75) is 49.4 Å². The van der Waals surface area contributed by atoms with Gasteiger partial charge in [-0.2, -0.15) is 4.99 Å². The SMILES string of the molecule is CC1(C)C(N)=C(C(N)=NC(=O)C2(S(C)(C)C)CCC2)CN1C(=O)NC(COC(=O)c1ccccc1)c1ccccc1. The Bertz CT molecular complexity index is 1360. The zero-order valence-corrected chi connectivity index (χ0v) is 25.3. The minimum atomic E-state index is -1.20. The second-order valence-electron chi connectivity index (χ2n) is 11.9. The van der Waals surface area contributed by atoms with E-state index in [-0.39, 0.29) is 24.9 Å². The Morgan fingerprint density at radius 2 is 1.61 bits per heavy atom. The van der Waals surface area contributed by atoms with Crippen molar-refractivity contribution in [1.29, 1.82) is 0 Å². The normalized spacial score (nSPS) is 19.2. The Kier molecular flexibility index (Phi) is 8.54. The van der Waals surface area contributed by atoms with Crippen molar-refractivity contribution in [2.75, 3.05) is 31.9 Å². The highest BCUT2D eigenvalue weighted by atomic mass is 32.3. The predicted octanol–water partition coefficient (Wildman–Crippen LogP) is 4.10. The van der Waals surface area contributed by atoms with Gasteiger partial charge < -0.3 is 26.4 Å². The van der Waals surface area contributed by atoms with Crippen molar-refractivity contribution >= 4 is 33.8 Å². The summed E-state index contributed by atoms with van der Waals surface area (Å²) in [5.41, 5.74) is 14.1. The van der Waals surface area contributed by atoms with E-state index in [4.69, 9.17) is 16.2 Å². The molecule has 1 aliphatic heterocycles. The summed E-state index contributed by atoms with van der Waals surface area (Å²) >= 11 is 0. The lowest BCUT2D eigenvalue weighted by molar-refractivity contribution is -0.122. The van der Waals surface area contributed by atoms with Gasteiger partial charge in [0.15, 0.2) is 0 Å². The number of ether oxygens (including phenoxy) is 1. The molecular formula is C31H41N5O4S. The fourth-order valence-corrected chi connectivity index (χ4v) is 7.40. The lowest BCUT2D eigenvalue weighted by Crippen LogP contribution is -2.52. The average Bonchev–Trinajstić information content (AvgIpc) is 3.14. The van der Waals surface area contributed by atoms with Crippen molar-refractivity contribution in [1.82, 2.24) is 10.2 Å². The number of amides is 3. The highest BCUT2D eigenvalue weighted by Gasteiger charge is 2.51. The van der Waals surface area contributed by atoms with Gasteiger partial charge in [-0.15, -0.1) is 0 Å². The first-order valence-electron chi connectivity index (χ1n) is 13.7. The van der Waals surface area contributed by atoms with Crippen LogP contribution in [0.4, 0.5) is 4.79 Å². The average molecular weight is 580 g/mol. The topological polar surface area (TPSA) is 140 Å². The third-order valence-electron chi connectivity index (χ3n) is 8.37. The fraction of sp³-hybridized carbons (Fsp3) is 0.419. The van der Waals surface area contributed by atoms with E-state index < -0.39 is 38.4 Å². The van der Waals surface area contributed by atoms with Crippen LogP contribution in [-0.4, -0.2) is 70.8 Å². The molecule has 9 nitrogen and oxygen atoms in total. The molecule has 3 amide bonds. The molecule has 5 N–H and O–H groups in total. The van der Waals surface area contributed by atoms with Gasteiger partial charge in [0, 0.05) is 11.3 Å². The van der Waals surface area contributed by atoms with Gasteiger partial charge in [0.25, 0.3) is 5.91 Å². The van der Waals surface area contributed by atoms with Crippen LogP contribution in [0.1, 0.15) is 55.1 Å². The molecule has 220 valence electrons. The number of hydrogen-bond donors (Lipinski definition) is 3. The van der Waals surface area contributed by atoms with Crippen molar-refractivity contribution < 1.29 is 19.1 Å². The first-order chi connectivity index (χ1) is 19.3. The van der Waals surface area contributed by atoms with Gasteiger partial charge in [-0.25, -0.2) is 19.6 Å². The van der Waals surface area contributed by atoms with Gasteiger partial charge in [0.1, 0.15) is 12.4 Å². The zero-order valence-electron chi connectivity index (χ0n) is 24.5. The van der Waals surface area contributed by atoms with Crippen LogP contribution in [0.5, 0.6) is 0 Å². The number of urea groups is 1. The molecule has 2 aromatic rings. The van der Waals surface area contributed by atoms with Gasteiger partial charge >= 0.3 is 12.0 Å². The number of carbonyl (C=O) groups excluding carboxylic acids is 3. The first kappa shape index (κ1) is 30.2. The van der Waals surface area contributed by atoms with E-state index in [1.807, 2.05) is 50.2 Å². The molecule has 1 heterocycles. The highest BCUT2D eigenvalue weighted by molar-refractivity contribution is 8.33. The number of hydrogen-bond acceptors (Lipinski definition) is 5. The van der Waals surface area contributed by atoms with Crippen molar-refractivity contribution in [3.8, 4) is 0 Å². The predicted molar refractivity (Wildman–Crippen MR) is 165 cm³/mol. The first-order valence-corrected chi connectivity index (χ1v) is 16.5. The van der Waals surface area contributed by atoms with Crippen molar-refractivity contribution in [3.05, 3.63) is 83.1 Å². The Morgan fingerprint density at radius 1 is 1.02 bits per heavy atom. The fourth-order valence-electron chi connectivity index (χ4n) is 5.32. The maximum Gasteiger partial charge on any atom is 0.338 e. The molecule has 2 aromatic carbocycles. The Hall–Kier alpha value is -3.79. The van der Waals surface area contributed by atoms with Crippen molar-refractivity contribution in [3.63, 3.8) is 0 Å². The molecule has 0 radical (unpaired) electrons. The summed E-state index contributed by atoms with van der Waals surface area (Å²) in [6.07, 6.45) is 9.02. The molecular weight excluding hydrogens is 538 g/mol. The summed E-state index contributed by atoms with van der Waals surface area (Å²) in [7, 11) is -1.20. The van der Waals surface area contributed by atoms with E-state index >= 15 is 0 Å². The Labute approximate surface area is 243 Å². The summed E-state index contributed by atoms with van der Waals surface area (Å²) < 4.78 is 5.12. The summed E-state index contributed by atoms with van der Waals surface area (Å²) in [5, 5.41) is 3.00. The number of amidine groups is 1. The van der Waals surface area contributed by atoms with Gasteiger partial charge in [0.05, 0.1) is 28.4 Å². The summed E-state index contributed by atoms with van der Waals surface area (Å²) in [4.78, 5) is 45.5. The number of benzene rings is 2. The molecule has 41 heavy (non-hydrogen) atoms. The summed E-state index contributed by atoms with van der Waals surface area (Å²) in [6, 6.07) is 17.0. The van der Waals surface area contributed by atoms with Gasteiger partial charge in [-0.1, -0.05) is 48.5 Å². The van der Waals surface area contributed by atoms with Gasteiger partial charge in [0.2, 0.25) is 0 Å². The number of carbonyl (C=O) groups is 3.